The highest BCUT2D eigenvalue weighted by Crippen LogP contribution is 2.44. The van der Waals surface area contributed by atoms with E-state index in [1.54, 1.807) is 0 Å². The van der Waals surface area contributed by atoms with E-state index in [2.05, 4.69) is 0 Å². The number of aliphatic hydroxyl groups excluding tert-OH is 4. The molecule has 1 saturated heterocycles. The normalized spacial score (nSPS) is 31.0. The van der Waals surface area contributed by atoms with E-state index >= 15 is 0 Å². The maximum Gasteiger partial charge on any atom is 0.203 e. The molecule has 1 fully saturated rings. The standard InChI is InChI=1S/C22H24O12/c1-31-12-4-8(2-3-10(12)25)20-21(17(28)15-11(26)5-9(24)6-13(15)32-20)34-22-19(30)18(29)16(27)14(7-23)33-22/h2-6,14,16,18-27,29-30H,7H2,1H3/t14-,16-,18+,19-,20?,21?,22?/m1/s1. The Morgan fingerprint density at radius 2 is 1.71 bits per heavy atom. The Labute approximate surface area is 192 Å². The molecule has 12 heteroatoms. The van der Waals surface area contributed by atoms with Crippen LogP contribution in [0.2, 0.25) is 0 Å². The van der Waals surface area contributed by atoms with Crippen LogP contribution in [0.3, 0.4) is 0 Å². The van der Waals surface area contributed by atoms with Gasteiger partial charge in [-0.2, -0.15) is 0 Å². The molecule has 2 aromatic carbocycles. The highest BCUT2D eigenvalue weighted by Gasteiger charge is 2.49. The van der Waals surface area contributed by atoms with Crippen molar-refractivity contribution >= 4 is 5.78 Å². The summed E-state index contributed by atoms with van der Waals surface area (Å²) in [6.45, 7) is -0.707. The number of Topliss-reactive ketones (excluding diaryl/α,β-unsaturated/α-hetero) is 1. The molecule has 4 rings (SSSR count). The van der Waals surface area contributed by atoms with Gasteiger partial charge in [-0.05, 0) is 17.7 Å². The van der Waals surface area contributed by atoms with E-state index in [1.165, 1.54) is 25.3 Å². The number of ether oxygens (including phenoxy) is 4. The zero-order valence-electron chi connectivity index (χ0n) is 17.8. The van der Waals surface area contributed by atoms with Crippen LogP contribution in [0, 0.1) is 0 Å². The lowest BCUT2D eigenvalue weighted by Gasteiger charge is -2.42. The van der Waals surface area contributed by atoms with Crippen LogP contribution in [0.5, 0.6) is 28.7 Å². The maximum absolute atomic E-state index is 13.4. The Bertz CT molecular complexity index is 1070. The van der Waals surface area contributed by atoms with E-state index in [0.717, 1.165) is 12.1 Å². The molecule has 3 unspecified atom stereocenters. The summed E-state index contributed by atoms with van der Waals surface area (Å²) >= 11 is 0. The van der Waals surface area contributed by atoms with E-state index in [1.807, 2.05) is 0 Å². The molecule has 0 amide bonds. The number of benzene rings is 2. The first-order chi connectivity index (χ1) is 16.2. The average Bonchev–Trinajstić information content (AvgIpc) is 2.80. The second-order valence-corrected chi connectivity index (χ2v) is 7.93. The number of phenolic OH excluding ortho intramolecular Hbond substituents is 3. The smallest absolute Gasteiger partial charge is 0.203 e. The van der Waals surface area contributed by atoms with Gasteiger partial charge < -0.3 is 54.7 Å². The van der Waals surface area contributed by atoms with Gasteiger partial charge in [0.25, 0.3) is 0 Å². The summed E-state index contributed by atoms with van der Waals surface area (Å²) < 4.78 is 22.1. The van der Waals surface area contributed by atoms with Crippen molar-refractivity contribution in [2.45, 2.75) is 42.9 Å². The largest absolute Gasteiger partial charge is 0.508 e. The van der Waals surface area contributed by atoms with Gasteiger partial charge in [0.1, 0.15) is 47.2 Å². The lowest BCUT2D eigenvalue weighted by Crippen LogP contribution is -2.60. The van der Waals surface area contributed by atoms with Crippen molar-refractivity contribution in [1.29, 1.82) is 0 Å². The molecule has 7 N–H and O–H groups in total. The molecule has 0 radical (unpaired) electrons. The summed E-state index contributed by atoms with van der Waals surface area (Å²) in [4.78, 5) is 13.4. The number of carbonyl (C=O) groups excluding carboxylic acids is 1. The number of carbonyl (C=O) groups is 1. The third-order valence-electron chi connectivity index (χ3n) is 5.76. The van der Waals surface area contributed by atoms with Crippen molar-refractivity contribution in [3.8, 4) is 28.7 Å². The SMILES string of the molecule is COc1cc(C2Oc3cc(O)cc(O)c3C(=O)C2OC2O[C@H](CO)[C@@H](O)[C@H](O)[C@H]2O)ccc1O. The number of hydrogen-bond acceptors (Lipinski definition) is 12. The lowest BCUT2D eigenvalue weighted by molar-refractivity contribution is -0.311. The highest BCUT2D eigenvalue weighted by molar-refractivity contribution is 6.05. The van der Waals surface area contributed by atoms with Crippen molar-refractivity contribution in [3.63, 3.8) is 0 Å². The van der Waals surface area contributed by atoms with Crippen molar-refractivity contribution < 1.29 is 59.5 Å². The third-order valence-corrected chi connectivity index (χ3v) is 5.76. The first kappa shape index (κ1) is 24.0. The van der Waals surface area contributed by atoms with Gasteiger partial charge in [-0.15, -0.1) is 0 Å². The minimum atomic E-state index is -1.80. The molecule has 2 aromatic rings. The number of aromatic hydroxyl groups is 3. The van der Waals surface area contributed by atoms with Crippen LogP contribution in [-0.4, -0.2) is 92.1 Å². The fraction of sp³-hybridized carbons (Fsp3) is 0.409. The maximum atomic E-state index is 13.4. The Balaban J connectivity index is 1.76. The highest BCUT2D eigenvalue weighted by atomic mass is 16.7. The van der Waals surface area contributed by atoms with Crippen LogP contribution in [-0.2, 0) is 9.47 Å². The summed E-state index contributed by atoms with van der Waals surface area (Å²) in [7, 11) is 1.32. The van der Waals surface area contributed by atoms with Crippen LogP contribution in [0.25, 0.3) is 0 Å². The van der Waals surface area contributed by atoms with E-state index in [9.17, 15) is 40.5 Å². The second kappa shape index (κ2) is 9.25. The van der Waals surface area contributed by atoms with Gasteiger partial charge in [0.15, 0.2) is 30.0 Å². The van der Waals surface area contributed by atoms with Crippen molar-refractivity contribution in [3.05, 3.63) is 41.5 Å². The second-order valence-electron chi connectivity index (χ2n) is 7.93. The molecule has 7 atom stereocenters. The van der Waals surface area contributed by atoms with Gasteiger partial charge in [-0.25, -0.2) is 0 Å². The first-order valence-corrected chi connectivity index (χ1v) is 10.3. The zero-order valence-corrected chi connectivity index (χ0v) is 17.8. The minimum Gasteiger partial charge on any atom is -0.508 e. The minimum absolute atomic E-state index is 0.0599. The number of phenols is 3. The molecule has 2 aliphatic heterocycles. The molecule has 0 saturated carbocycles. The Morgan fingerprint density at radius 3 is 2.38 bits per heavy atom. The van der Waals surface area contributed by atoms with Crippen molar-refractivity contribution in [2.75, 3.05) is 13.7 Å². The number of fused-ring (bicyclic) bond motifs is 1. The Morgan fingerprint density at radius 1 is 0.971 bits per heavy atom. The molecule has 0 bridgehead atoms. The molecule has 2 heterocycles. The lowest BCUT2D eigenvalue weighted by atomic mass is 9.92. The molecular weight excluding hydrogens is 456 g/mol. The van der Waals surface area contributed by atoms with Gasteiger partial charge in [0.05, 0.1) is 13.7 Å². The fourth-order valence-electron chi connectivity index (χ4n) is 3.98. The number of aliphatic hydroxyl groups is 4. The predicted molar refractivity (Wildman–Crippen MR) is 111 cm³/mol. The van der Waals surface area contributed by atoms with E-state index in [-0.39, 0.29) is 34.1 Å². The fourth-order valence-corrected chi connectivity index (χ4v) is 3.98. The molecule has 0 aromatic heterocycles. The predicted octanol–water partition coefficient (Wildman–Crippen LogP) is -0.687. The third kappa shape index (κ3) is 4.11. The zero-order chi connectivity index (χ0) is 24.7. The van der Waals surface area contributed by atoms with Crippen LogP contribution in [0.15, 0.2) is 30.3 Å². The number of hydrogen-bond donors (Lipinski definition) is 7. The first-order valence-electron chi connectivity index (χ1n) is 10.3. The quantitative estimate of drug-likeness (QED) is 0.285. The Hall–Kier alpha value is -3.13. The van der Waals surface area contributed by atoms with Crippen molar-refractivity contribution in [1.82, 2.24) is 0 Å². The molecule has 12 nitrogen and oxygen atoms in total. The van der Waals surface area contributed by atoms with Crippen LogP contribution in [0.4, 0.5) is 0 Å². The van der Waals surface area contributed by atoms with Crippen molar-refractivity contribution in [2.24, 2.45) is 0 Å². The summed E-state index contributed by atoms with van der Waals surface area (Å²) in [5, 5.41) is 69.9. The van der Waals surface area contributed by atoms with Crippen LogP contribution < -0.4 is 9.47 Å². The monoisotopic (exact) mass is 480 g/mol. The van der Waals surface area contributed by atoms with E-state index in [4.69, 9.17) is 18.9 Å². The summed E-state index contributed by atoms with van der Waals surface area (Å²) in [6, 6.07) is 6.16. The molecule has 2 aliphatic rings. The van der Waals surface area contributed by atoms with E-state index in [0.29, 0.717) is 0 Å². The Kier molecular flexibility index (Phi) is 6.53. The summed E-state index contributed by atoms with van der Waals surface area (Å²) in [5.41, 5.74) is -0.0135. The van der Waals surface area contributed by atoms with E-state index < -0.39 is 61.1 Å². The average molecular weight is 480 g/mol. The van der Waals surface area contributed by atoms with Gasteiger partial charge >= 0.3 is 0 Å². The van der Waals surface area contributed by atoms with Crippen LogP contribution in [0.1, 0.15) is 22.0 Å². The van der Waals surface area contributed by atoms with Gasteiger partial charge in [-0.3, -0.25) is 4.79 Å². The van der Waals surface area contributed by atoms with Gasteiger partial charge in [-0.1, -0.05) is 6.07 Å². The summed E-state index contributed by atoms with van der Waals surface area (Å²) in [5.74, 6) is -2.01. The summed E-state index contributed by atoms with van der Waals surface area (Å²) in [6.07, 6.45) is -11.0. The molecule has 34 heavy (non-hydrogen) atoms. The van der Waals surface area contributed by atoms with Gasteiger partial charge in [0.2, 0.25) is 5.78 Å². The molecule has 184 valence electrons. The molecule has 0 spiro atoms. The molecule has 0 aliphatic carbocycles. The van der Waals surface area contributed by atoms with Gasteiger partial charge in [0, 0.05) is 12.1 Å². The van der Waals surface area contributed by atoms with Crippen LogP contribution >= 0.6 is 0 Å². The topological polar surface area (TPSA) is 196 Å². The number of rotatable bonds is 5. The molecular formula is C22H24O12. The number of ketones is 1. The number of methoxy groups -OCH3 is 1.